The van der Waals surface area contributed by atoms with Crippen LogP contribution in [0.2, 0.25) is 5.02 Å². The molecule has 0 saturated carbocycles. The smallest absolute Gasteiger partial charge is 0.222 e. The zero-order valence-electron chi connectivity index (χ0n) is 15.0. The van der Waals surface area contributed by atoms with E-state index in [1.807, 2.05) is 54.6 Å². The van der Waals surface area contributed by atoms with Crippen molar-refractivity contribution in [2.75, 3.05) is 20.1 Å². The summed E-state index contributed by atoms with van der Waals surface area (Å²) in [4.78, 5) is 16.1. The number of rotatable bonds is 8. The van der Waals surface area contributed by atoms with E-state index in [1.165, 1.54) is 5.56 Å². The van der Waals surface area contributed by atoms with Gasteiger partial charge in [0.15, 0.2) is 5.96 Å². The van der Waals surface area contributed by atoms with Crippen LogP contribution in [0, 0.1) is 0 Å². The molecule has 0 atom stereocenters. The highest BCUT2D eigenvalue weighted by Crippen LogP contribution is 2.10. The predicted octanol–water partition coefficient (Wildman–Crippen LogP) is 2.75. The summed E-state index contributed by atoms with van der Waals surface area (Å²) in [6.07, 6.45) is 1.24. The van der Waals surface area contributed by atoms with Crippen LogP contribution >= 0.6 is 11.6 Å². The number of benzene rings is 2. The van der Waals surface area contributed by atoms with E-state index in [2.05, 4.69) is 20.9 Å². The molecule has 3 N–H and O–H groups in total. The van der Waals surface area contributed by atoms with E-state index in [4.69, 9.17) is 11.6 Å². The number of amides is 1. The van der Waals surface area contributed by atoms with Gasteiger partial charge >= 0.3 is 0 Å². The molecule has 0 fully saturated rings. The van der Waals surface area contributed by atoms with E-state index < -0.39 is 0 Å². The van der Waals surface area contributed by atoms with Gasteiger partial charge < -0.3 is 16.0 Å². The average molecular weight is 373 g/mol. The van der Waals surface area contributed by atoms with Crippen LogP contribution < -0.4 is 16.0 Å². The lowest BCUT2D eigenvalue weighted by Gasteiger charge is -2.12. The van der Waals surface area contributed by atoms with E-state index in [1.54, 1.807) is 7.05 Å². The molecule has 138 valence electrons. The van der Waals surface area contributed by atoms with Crippen molar-refractivity contribution in [2.45, 2.75) is 19.4 Å². The number of carbonyl (C=O) groups excluding carboxylic acids is 1. The third-order valence-electron chi connectivity index (χ3n) is 3.80. The number of nitrogens with one attached hydrogen (secondary N) is 3. The predicted molar refractivity (Wildman–Crippen MR) is 107 cm³/mol. The second kappa shape index (κ2) is 11.2. The van der Waals surface area contributed by atoms with Crippen molar-refractivity contribution in [3.05, 3.63) is 70.7 Å². The number of hydrogen-bond acceptors (Lipinski definition) is 2. The fraction of sp³-hybridized carbons (Fsp3) is 0.300. The van der Waals surface area contributed by atoms with Gasteiger partial charge in [0.25, 0.3) is 0 Å². The van der Waals surface area contributed by atoms with Crippen molar-refractivity contribution >= 4 is 23.5 Å². The Kier molecular flexibility index (Phi) is 8.49. The van der Waals surface area contributed by atoms with Gasteiger partial charge in [0.1, 0.15) is 0 Å². The molecule has 0 saturated heterocycles. The molecule has 6 heteroatoms. The number of hydrogen-bond donors (Lipinski definition) is 3. The highest BCUT2D eigenvalue weighted by atomic mass is 35.5. The fourth-order valence-electron chi connectivity index (χ4n) is 2.42. The summed E-state index contributed by atoms with van der Waals surface area (Å²) in [7, 11) is 1.71. The minimum atomic E-state index is 0.00994. The zero-order valence-corrected chi connectivity index (χ0v) is 15.7. The van der Waals surface area contributed by atoms with Crippen molar-refractivity contribution in [3.8, 4) is 0 Å². The average Bonchev–Trinajstić information content (AvgIpc) is 2.66. The summed E-state index contributed by atoms with van der Waals surface area (Å²) in [6, 6.07) is 17.7. The van der Waals surface area contributed by atoms with Crippen LogP contribution in [-0.2, 0) is 17.8 Å². The molecule has 26 heavy (non-hydrogen) atoms. The Hall–Kier alpha value is -2.53. The molecule has 5 nitrogen and oxygen atoms in total. The second-order valence-electron chi connectivity index (χ2n) is 5.82. The Bertz CT molecular complexity index is 719. The number of halogens is 1. The van der Waals surface area contributed by atoms with Gasteiger partial charge in [0, 0.05) is 38.1 Å². The summed E-state index contributed by atoms with van der Waals surface area (Å²) >= 11 is 5.98. The van der Waals surface area contributed by atoms with Crippen molar-refractivity contribution in [2.24, 2.45) is 4.99 Å². The van der Waals surface area contributed by atoms with Crippen molar-refractivity contribution < 1.29 is 4.79 Å². The molecule has 0 aromatic heterocycles. The summed E-state index contributed by atoms with van der Waals surface area (Å²) in [5.41, 5.74) is 2.26. The van der Waals surface area contributed by atoms with Gasteiger partial charge in [-0.15, -0.1) is 0 Å². The van der Waals surface area contributed by atoms with Crippen LogP contribution in [0.1, 0.15) is 17.5 Å². The number of guanidine groups is 1. The molecule has 0 aliphatic carbocycles. The van der Waals surface area contributed by atoms with Crippen LogP contribution in [0.4, 0.5) is 0 Å². The third kappa shape index (κ3) is 7.57. The van der Waals surface area contributed by atoms with E-state index in [0.717, 1.165) is 23.6 Å². The van der Waals surface area contributed by atoms with Crippen LogP contribution in [-0.4, -0.2) is 32.0 Å². The molecule has 2 aromatic rings. The summed E-state index contributed by atoms with van der Waals surface area (Å²) in [5, 5.41) is 10.0. The normalized spacial score (nSPS) is 11.1. The molecule has 0 spiro atoms. The standard InChI is InChI=1S/C20H25ClN4O/c1-22-20(23-12-10-16-8-5-9-18(21)14-16)24-13-11-19(26)25-15-17-6-3-2-4-7-17/h2-9,14H,10-13,15H2,1H3,(H,25,26)(H2,22,23,24). The molecule has 1 amide bonds. The van der Waals surface area contributed by atoms with Gasteiger partial charge in [-0.3, -0.25) is 9.79 Å². The maximum Gasteiger partial charge on any atom is 0.222 e. The van der Waals surface area contributed by atoms with E-state index in [-0.39, 0.29) is 5.91 Å². The molecular weight excluding hydrogens is 348 g/mol. The first-order valence-corrected chi connectivity index (χ1v) is 9.05. The third-order valence-corrected chi connectivity index (χ3v) is 4.03. The molecule has 0 bridgehead atoms. The molecule has 0 heterocycles. The van der Waals surface area contributed by atoms with Crippen molar-refractivity contribution in [3.63, 3.8) is 0 Å². The first kappa shape index (κ1) is 19.8. The fourth-order valence-corrected chi connectivity index (χ4v) is 2.63. The lowest BCUT2D eigenvalue weighted by atomic mass is 10.1. The molecule has 0 radical (unpaired) electrons. The Morgan fingerprint density at radius 1 is 0.962 bits per heavy atom. The summed E-state index contributed by atoms with van der Waals surface area (Å²) in [6.45, 7) is 1.81. The summed E-state index contributed by atoms with van der Waals surface area (Å²) in [5.74, 6) is 0.693. The highest BCUT2D eigenvalue weighted by Gasteiger charge is 2.03. The largest absolute Gasteiger partial charge is 0.356 e. The van der Waals surface area contributed by atoms with E-state index in [9.17, 15) is 4.79 Å². The lowest BCUT2D eigenvalue weighted by Crippen LogP contribution is -2.40. The maximum atomic E-state index is 11.9. The Morgan fingerprint density at radius 2 is 1.69 bits per heavy atom. The van der Waals surface area contributed by atoms with Crippen LogP contribution in [0.25, 0.3) is 0 Å². The minimum Gasteiger partial charge on any atom is -0.356 e. The van der Waals surface area contributed by atoms with E-state index in [0.29, 0.717) is 25.5 Å². The van der Waals surface area contributed by atoms with Gasteiger partial charge in [0.05, 0.1) is 0 Å². The first-order valence-electron chi connectivity index (χ1n) is 8.67. The number of nitrogens with zero attached hydrogens (tertiary/aromatic N) is 1. The molecular formula is C20H25ClN4O. The van der Waals surface area contributed by atoms with Gasteiger partial charge in [0.2, 0.25) is 5.91 Å². The first-order chi connectivity index (χ1) is 12.7. The van der Waals surface area contributed by atoms with E-state index >= 15 is 0 Å². The summed E-state index contributed by atoms with van der Waals surface area (Å²) < 4.78 is 0. The maximum absolute atomic E-state index is 11.9. The van der Waals surface area contributed by atoms with Crippen LogP contribution in [0.3, 0.4) is 0 Å². The molecule has 0 aliphatic rings. The monoisotopic (exact) mass is 372 g/mol. The van der Waals surface area contributed by atoms with Crippen molar-refractivity contribution in [1.29, 1.82) is 0 Å². The second-order valence-corrected chi connectivity index (χ2v) is 6.25. The van der Waals surface area contributed by atoms with Gasteiger partial charge in [-0.05, 0) is 29.7 Å². The SMILES string of the molecule is CN=C(NCCC(=O)NCc1ccccc1)NCCc1cccc(Cl)c1. The molecule has 2 rings (SSSR count). The Labute approximate surface area is 159 Å². The Morgan fingerprint density at radius 3 is 2.42 bits per heavy atom. The van der Waals surface area contributed by atoms with Crippen LogP contribution in [0.15, 0.2) is 59.6 Å². The molecule has 0 unspecified atom stereocenters. The number of aliphatic imine (C=N–C) groups is 1. The van der Waals surface area contributed by atoms with Gasteiger partial charge in [-0.2, -0.15) is 0 Å². The van der Waals surface area contributed by atoms with Gasteiger partial charge in [-0.25, -0.2) is 0 Å². The topological polar surface area (TPSA) is 65.5 Å². The van der Waals surface area contributed by atoms with Crippen molar-refractivity contribution in [1.82, 2.24) is 16.0 Å². The van der Waals surface area contributed by atoms with Crippen LogP contribution in [0.5, 0.6) is 0 Å². The Balaban J connectivity index is 1.61. The molecule has 0 aliphatic heterocycles. The minimum absolute atomic E-state index is 0.00994. The lowest BCUT2D eigenvalue weighted by molar-refractivity contribution is -0.121. The number of carbonyl (C=O) groups is 1. The van der Waals surface area contributed by atoms with Gasteiger partial charge in [-0.1, -0.05) is 54.1 Å². The highest BCUT2D eigenvalue weighted by molar-refractivity contribution is 6.30. The quantitative estimate of drug-likeness (QED) is 0.493. The molecule has 2 aromatic carbocycles. The zero-order chi connectivity index (χ0) is 18.6.